The average molecular weight is 420 g/mol. The Morgan fingerprint density at radius 1 is 1.03 bits per heavy atom. The van der Waals surface area contributed by atoms with Gasteiger partial charge in [0, 0.05) is 41.1 Å². The molecule has 7 heteroatoms. The van der Waals surface area contributed by atoms with Crippen molar-refractivity contribution in [2.75, 3.05) is 7.05 Å². The first-order valence-corrected chi connectivity index (χ1v) is 10.1. The van der Waals surface area contributed by atoms with Crippen molar-refractivity contribution in [3.63, 3.8) is 0 Å². The third kappa shape index (κ3) is 4.04. The largest absolute Gasteiger partial charge is 0.341 e. The van der Waals surface area contributed by atoms with Gasteiger partial charge >= 0.3 is 0 Å². The van der Waals surface area contributed by atoms with Crippen LogP contribution in [-0.2, 0) is 17.8 Å². The summed E-state index contributed by atoms with van der Waals surface area (Å²) in [7, 11) is 1.82. The summed E-state index contributed by atoms with van der Waals surface area (Å²) in [4.78, 5) is 23.7. The molecule has 2 aromatic carbocycles. The lowest BCUT2D eigenvalue weighted by Gasteiger charge is -2.18. The molecule has 4 aromatic rings. The van der Waals surface area contributed by atoms with Gasteiger partial charge in [0.25, 0.3) is 5.78 Å². The summed E-state index contributed by atoms with van der Waals surface area (Å²) in [5, 5.41) is 5.27. The highest BCUT2D eigenvalue weighted by atomic mass is 35.5. The van der Waals surface area contributed by atoms with Gasteiger partial charge < -0.3 is 4.90 Å². The van der Waals surface area contributed by atoms with Gasteiger partial charge in [0.2, 0.25) is 5.91 Å². The normalized spacial score (nSPS) is 11.1. The van der Waals surface area contributed by atoms with E-state index in [1.54, 1.807) is 21.5 Å². The number of carbonyl (C=O) groups excluding carboxylic acids is 1. The molecular formula is C23H22ClN5O. The highest BCUT2D eigenvalue weighted by Gasteiger charge is 2.18. The predicted octanol–water partition coefficient (Wildman–Crippen LogP) is 4.26. The number of benzene rings is 2. The van der Waals surface area contributed by atoms with Crippen molar-refractivity contribution in [2.45, 2.75) is 26.8 Å². The molecule has 6 nitrogen and oxygen atoms in total. The second kappa shape index (κ2) is 8.24. The van der Waals surface area contributed by atoms with E-state index in [-0.39, 0.29) is 12.3 Å². The van der Waals surface area contributed by atoms with Crippen LogP contribution in [0.25, 0.3) is 17.2 Å². The summed E-state index contributed by atoms with van der Waals surface area (Å²) in [6.45, 7) is 4.42. The SMILES string of the molecule is Cc1nc2nc(-c3ccc(Cl)cc3)nn2c(C)c1CC(=O)N(C)Cc1ccccc1. The molecule has 0 radical (unpaired) electrons. The standard InChI is InChI=1S/C23H22ClN5O/c1-15-20(13-21(30)28(3)14-17-7-5-4-6-8-17)16(2)29-23(25-15)26-22(27-29)18-9-11-19(24)12-10-18/h4-12H,13-14H2,1-3H3. The maximum Gasteiger partial charge on any atom is 0.253 e. The molecule has 0 saturated carbocycles. The molecule has 0 fully saturated rings. The third-order valence-electron chi connectivity index (χ3n) is 5.17. The van der Waals surface area contributed by atoms with Crippen LogP contribution in [0.4, 0.5) is 0 Å². The zero-order valence-corrected chi connectivity index (χ0v) is 17.9. The van der Waals surface area contributed by atoms with Crippen LogP contribution in [-0.4, -0.2) is 37.4 Å². The number of nitrogens with zero attached hydrogens (tertiary/aromatic N) is 5. The summed E-state index contributed by atoms with van der Waals surface area (Å²) >= 11 is 5.98. The molecule has 4 rings (SSSR count). The van der Waals surface area contributed by atoms with E-state index in [1.165, 1.54) is 0 Å². The van der Waals surface area contributed by atoms with Crippen LogP contribution < -0.4 is 0 Å². The van der Waals surface area contributed by atoms with E-state index in [9.17, 15) is 4.79 Å². The number of rotatable bonds is 5. The van der Waals surface area contributed by atoms with Gasteiger partial charge in [-0.05, 0) is 43.7 Å². The quantitative estimate of drug-likeness (QED) is 0.484. The number of amides is 1. The summed E-state index contributed by atoms with van der Waals surface area (Å²) in [5.74, 6) is 1.12. The molecule has 0 aliphatic carbocycles. The van der Waals surface area contributed by atoms with Crippen molar-refractivity contribution in [3.8, 4) is 11.4 Å². The van der Waals surface area contributed by atoms with Crippen molar-refractivity contribution in [1.29, 1.82) is 0 Å². The number of fused-ring (bicyclic) bond motifs is 1. The van der Waals surface area contributed by atoms with E-state index in [0.717, 1.165) is 28.1 Å². The van der Waals surface area contributed by atoms with E-state index in [2.05, 4.69) is 15.1 Å². The van der Waals surface area contributed by atoms with Crippen molar-refractivity contribution in [3.05, 3.63) is 82.1 Å². The predicted molar refractivity (Wildman–Crippen MR) is 117 cm³/mol. The van der Waals surface area contributed by atoms with Crippen LogP contribution in [0.15, 0.2) is 54.6 Å². The lowest BCUT2D eigenvalue weighted by molar-refractivity contribution is -0.129. The van der Waals surface area contributed by atoms with E-state index in [1.807, 2.05) is 63.4 Å². The Morgan fingerprint density at radius 2 is 1.73 bits per heavy atom. The van der Waals surface area contributed by atoms with Crippen LogP contribution in [0.2, 0.25) is 5.02 Å². The fourth-order valence-corrected chi connectivity index (χ4v) is 3.54. The number of aromatic nitrogens is 4. The van der Waals surface area contributed by atoms with Gasteiger partial charge in [0.1, 0.15) is 0 Å². The van der Waals surface area contributed by atoms with E-state index in [0.29, 0.717) is 23.2 Å². The second-order valence-electron chi connectivity index (χ2n) is 7.33. The van der Waals surface area contributed by atoms with Crippen molar-refractivity contribution in [1.82, 2.24) is 24.5 Å². The zero-order chi connectivity index (χ0) is 21.3. The van der Waals surface area contributed by atoms with Gasteiger partial charge in [-0.15, -0.1) is 5.10 Å². The highest BCUT2D eigenvalue weighted by molar-refractivity contribution is 6.30. The van der Waals surface area contributed by atoms with Crippen LogP contribution in [0.1, 0.15) is 22.5 Å². The van der Waals surface area contributed by atoms with Crippen LogP contribution in [0, 0.1) is 13.8 Å². The first-order valence-electron chi connectivity index (χ1n) is 9.69. The Labute approximate surface area is 180 Å². The summed E-state index contributed by atoms with van der Waals surface area (Å²) < 4.78 is 1.71. The van der Waals surface area contributed by atoms with Gasteiger partial charge in [-0.2, -0.15) is 4.98 Å². The first-order chi connectivity index (χ1) is 14.4. The minimum absolute atomic E-state index is 0.0317. The Morgan fingerprint density at radius 3 is 2.43 bits per heavy atom. The number of halogens is 1. The topological polar surface area (TPSA) is 63.4 Å². The Hall–Kier alpha value is -3.25. The monoisotopic (exact) mass is 419 g/mol. The Bertz CT molecular complexity index is 1200. The number of hydrogen-bond acceptors (Lipinski definition) is 4. The lowest BCUT2D eigenvalue weighted by Crippen LogP contribution is -2.28. The molecular weight excluding hydrogens is 398 g/mol. The zero-order valence-electron chi connectivity index (χ0n) is 17.1. The highest BCUT2D eigenvalue weighted by Crippen LogP contribution is 2.21. The Kier molecular flexibility index (Phi) is 5.50. The smallest absolute Gasteiger partial charge is 0.253 e. The molecule has 2 aromatic heterocycles. The van der Waals surface area contributed by atoms with Gasteiger partial charge in [0.05, 0.1) is 6.42 Å². The van der Waals surface area contributed by atoms with Crippen molar-refractivity contribution in [2.24, 2.45) is 0 Å². The average Bonchev–Trinajstić information content (AvgIpc) is 3.16. The molecule has 2 heterocycles. The number of likely N-dealkylation sites (N-methyl/N-ethyl adjacent to an activating group) is 1. The summed E-state index contributed by atoms with van der Waals surface area (Å²) in [5.41, 5.74) is 4.49. The molecule has 30 heavy (non-hydrogen) atoms. The number of hydrogen-bond donors (Lipinski definition) is 0. The number of carbonyl (C=O) groups is 1. The van der Waals surface area contributed by atoms with Gasteiger partial charge in [0.15, 0.2) is 5.82 Å². The molecule has 0 atom stereocenters. The minimum atomic E-state index is 0.0317. The summed E-state index contributed by atoms with van der Waals surface area (Å²) in [6.07, 6.45) is 0.264. The van der Waals surface area contributed by atoms with E-state index < -0.39 is 0 Å². The molecule has 0 saturated heterocycles. The summed E-state index contributed by atoms with van der Waals surface area (Å²) in [6, 6.07) is 17.3. The third-order valence-corrected chi connectivity index (χ3v) is 5.42. The molecule has 0 spiro atoms. The molecule has 0 bridgehead atoms. The molecule has 0 N–H and O–H groups in total. The Balaban J connectivity index is 1.61. The van der Waals surface area contributed by atoms with E-state index in [4.69, 9.17) is 11.6 Å². The maximum absolute atomic E-state index is 12.9. The minimum Gasteiger partial charge on any atom is -0.341 e. The van der Waals surface area contributed by atoms with Crippen molar-refractivity contribution >= 4 is 23.3 Å². The van der Waals surface area contributed by atoms with Crippen LogP contribution >= 0.6 is 11.6 Å². The molecule has 0 aliphatic rings. The molecule has 1 amide bonds. The van der Waals surface area contributed by atoms with Crippen LogP contribution in [0.3, 0.4) is 0 Å². The fourth-order valence-electron chi connectivity index (χ4n) is 3.42. The molecule has 0 aliphatic heterocycles. The van der Waals surface area contributed by atoms with Gasteiger partial charge in [-0.3, -0.25) is 4.79 Å². The second-order valence-corrected chi connectivity index (χ2v) is 7.76. The van der Waals surface area contributed by atoms with E-state index >= 15 is 0 Å². The fraction of sp³-hybridized carbons (Fsp3) is 0.217. The molecule has 152 valence electrons. The molecule has 0 unspecified atom stereocenters. The number of aryl methyl sites for hydroxylation is 2. The van der Waals surface area contributed by atoms with Gasteiger partial charge in [-0.25, -0.2) is 9.50 Å². The maximum atomic E-state index is 12.9. The van der Waals surface area contributed by atoms with Crippen molar-refractivity contribution < 1.29 is 4.79 Å². The van der Waals surface area contributed by atoms with Crippen LogP contribution in [0.5, 0.6) is 0 Å². The van der Waals surface area contributed by atoms with Gasteiger partial charge in [-0.1, -0.05) is 41.9 Å². The first kappa shape index (κ1) is 20.0. The lowest BCUT2D eigenvalue weighted by atomic mass is 10.1.